The van der Waals surface area contributed by atoms with Crippen LogP contribution in [0.2, 0.25) is 0 Å². The molecule has 1 unspecified atom stereocenters. The lowest BCUT2D eigenvalue weighted by atomic mass is 10.0. The maximum Gasteiger partial charge on any atom is 0.239 e. The largest absolute Gasteiger partial charge is 0.496 e. The molecule has 3 N–H and O–H groups in total. The van der Waals surface area contributed by atoms with Crippen molar-refractivity contribution in [3.05, 3.63) is 29.8 Å². The Morgan fingerprint density at radius 2 is 1.93 bits per heavy atom. The van der Waals surface area contributed by atoms with E-state index in [4.69, 9.17) is 9.47 Å². The van der Waals surface area contributed by atoms with Crippen LogP contribution in [-0.2, 0) is 9.53 Å². The molecule has 156 valence electrons. The standard InChI is InChI=1S/C20H33N5O3/c1-21-20(24-15-19(26)22-10-13-27-2)23-14-17(25-11-6-7-12-25)16-8-4-5-9-18(16)28-3/h4-5,8-9,17H,6-7,10-15H2,1-3H3,(H,22,26)(H2,21,23,24). The normalized spacial score (nSPS) is 15.9. The first kappa shape index (κ1) is 22.0. The second-order valence-electron chi connectivity index (χ2n) is 6.65. The van der Waals surface area contributed by atoms with E-state index in [0.717, 1.165) is 24.4 Å². The van der Waals surface area contributed by atoms with Crippen molar-refractivity contribution >= 4 is 11.9 Å². The number of para-hydroxylation sites is 1. The molecule has 0 spiro atoms. The lowest BCUT2D eigenvalue weighted by molar-refractivity contribution is -0.120. The lowest BCUT2D eigenvalue weighted by Gasteiger charge is -2.30. The van der Waals surface area contributed by atoms with Gasteiger partial charge in [-0.15, -0.1) is 0 Å². The molecule has 0 radical (unpaired) electrons. The Labute approximate surface area is 167 Å². The smallest absolute Gasteiger partial charge is 0.239 e. The highest BCUT2D eigenvalue weighted by molar-refractivity contribution is 5.86. The fraction of sp³-hybridized carbons (Fsp3) is 0.600. The van der Waals surface area contributed by atoms with Gasteiger partial charge in [0.05, 0.1) is 26.3 Å². The van der Waals surface area contributed by atoms with Crippen molar-refractivity contribution < 1.29 is 14.3 Å². The summed E-state index contributed by atoms with van der Waals surface area (Å²) in [7, 11) is 5.01. The van der Waals surface area contributed by atoms with Crippen LogP contribution >= 0.6 is 0 Å². The molecular formula is C20H33N5O3. The molecule has 8 nitrogen and oxygen atoms in total. The van der Waals surface area contributed by atoms with E-state index >= 15 is 0 Å². The van der Waals surface area contributed by atoms with Gasteiger partial charge in [-0.05, 0) is 32.0 Å². The minimum Gasteiger partial charge on any atom is -0.496 e. The highest BCUT2D eigenvalue weighted by Crippen LogP contribution is 2.31. The molecule has 0 bridgehead atoms. The van der Waals surface area contributed by atoms with Gasteiger partial charge >= 0.3 is 0 Å². The minimum absolute atomic E-state index is 0.0965. The molecule has 1 heterocycles. The summed E-state index contributed by atoms with van der Waals surface area (Å²) in [6, 6.07) is 8.31. The lowest BCUT2D eigenvalue weighted by Crippen LogP contribution is -2.46. The molecule has 1 aromatic rings. The van der Waals surface area contributed by atoms with Crippen LogP contribution in [0.5, 0.6) is 5.75 Å². The summed E-state index contributed by atoms with van der Waals surface area (Å²) in [5.41, 5.74) is 1.16. The van der Waals surface area contributed by atoms with Gasteiger partial charge in [0.25, 0.3) is 0 Å². The van der Waals surface area contributed by atoms with Gasteiger partial charge in [-0.1, -0.05) is 18.2 Å². The van der Waals surface area contributed by atoms with Crippen LogP contribution < -0.4 is 20.7 Å². The molecule has 28 heavy (non-hydrogen) atoms. The number of amides is 1. The summed E-state index contributed by atoms with van der Waals surface area (Å²) < 4.78 is 10.5. The zero-order valence-corrected chi connectivity index (χ0v) is 17.2. The average Bonchev–Trinajstić information content (AvgIpc) is 3.25. The van der Waals surface area contributed by atoms with E-state index in [1.807, 2.05) is 18.2 Å². The third kappa shape index (κ3) is 6.69. The second kappa shape index (κ2) is 12.2. The third-order valence-corrected chi connectivity index (χ3v) is 4.81. The maximum absolute atomic E-state index is 11.9. The quantitative estimate of drug-likeness (QED) is 0.310. The van der Waals surface area contributed by atoms with Crippen molar-refractivity contribution in [2.75, 3.05) is 60.6 Å². The zero-order valence-electron chi connectivity index (χ0n) is 17.2. The number of methoxy groups -OCH3 is 2. The van der Waals surface area contributed by atoms with Gasteiger partial charge < -0.3 is 25.4 Å². The van der Waals surface area contributed by atoms with E-state index in [-0.39, 0.29) is 18.5 Å². The SMILES string of the molecule is CN=C(NCC(=O)NCCOC)NCC(c1ccccc1OC)N1CCCC1. The number of carbonyl (C=O) groups excluding carboxylic acids is 1. The number of ether oxygens (including phenoxy) is 2. The first-order valence-electron chi connectivity index (χ1n) is 9.76. The molecule has 2 rings (SSSR count). The number of aliphatic imine (C=N–C) groups is 1. The zero-order chi connectivity index (χ0) is 20.2. The Morgan fingerprint density at radius 3 is 2.61 bits per heavy atom. The number of rotatable bonds is 10. The van der Waals surface area contributed by atoms with Gasteiger partial charge in [0.2, 0.25) is 5.91 Å². The van der Waals surface area contributed by atoms with E-state index in [1.165, 1.54) is 12.8 Å². The number of nitrogens with zero attached hydrogens (tertiary/aromatic N) is 2. The van der Waals surface area contributed by atoms with E-state index in [9.17, 15) is 4.79 Å². The van der Waals surface area contributed by atoms with Crippen molar-refractivity contribution in [1.82, 2.24) is 20.9 Å². The second-order valence-corrected chi connectivity index (χ2v) is 6.65. The fourth-order valence-corrected chi connectivity index (χ4v) is 3.36. The number of carbonyl (C=O) groups is 1. The van der Waals surface area contributed by atoms with Crippen LogP contribution in [0.1, 0.15) is 24.4 Å². The van der Waals surface area contributed by atoms with Crippen molar-refractivity contribution in [3.63, 3.8) is 0 Å². The summed E-state index contributed by atoms with van der Waals surface area (Å²) >= 11 is 0. The van der Waals surface area contributed by atoms with Crippen LogP contribution in [0.25, 0.3) is 0 Å². The van der Waals surface area contributed by atoms with Gasteiger partial charge in [-0.25, -0.2) is 0 Å². The number of nitrogens with one attached hydrogen (secondary N) is 3. The van der Waals surface area contributed by atoms with Crippen molar-refractivity contribution in [2.24, 2.45) is 4.99 Å². The van der Waals surface area contributed by atoms with E-state index in [2.05, 4.69) is 31.9 Å². The summed E-state index contributed by atoms with van der Waals surface area (Å²) in [4.78, 5) is 18.6. The molecule has 1 aliphatic rings. The first-order chi connectivity index (χ1) is 13.7. The van der Waals surface area contributed by atoms with Crippen LogP contribution in [0.4, 0.5) is 0 Å². The van der Waals surface area contributed by atoms with Gasteiger partial charge in [0, 0.05) is 32.8 Å². The molecule has 1 aliphatic heterocycles. The number of hydrogen-bond acceptors (Lipinski definition) is 5. The summed E-state index contributed by atoms with van der Waals surface area (Å²) in [6.07, 6.45) is 2.42. The maximum atomic E-state index is 11.9. The molecule has 0 aromatic heterocycles. The highest BCUT2D eigenvalue weighted by atomic mass is 16.5. The van der Waals surface area contributed by atoms with E-state index in [1.54, 1.807) is 21.3 Å². The number of hydrogen-bond donors (Lipinski definition) is 3. The molecule has 0 saturated carbocycles. The number of benzene rings is 1. The monoisotopic (exact) mass is 391 g/mol. The van der Waals surface area contributed by atoms with Gasteiger partial charge in [0.15, 0.2) is 5.96 Å². The fourth-order valence-electron chi connectivity index (χ4n) is 3.36. The van der Waals surface area contributed by atoms with E-state index < -0.39 is 0 Å². The first-order valence-corrected chi connectivity index (χ1v) is 9.76. The summed E-state index contributed by atoms with van der Waals surface area (Å²) in [6.45, 7) is 3.96. The van der Waals surface area contributed by atoms with Crippen LogP contribution in [-0.4, -0.2) is 77.4 Å². The predicted octanol–water partition coefficient (Wildman–Crippen LogP) is 0.760. The molecule has 8 heteroatoms. The Kier molecular flexibility index (Phi) is 9.57. The Hall–Kier alpha value is -2.32. The van der Waals surface area contributed by atoms with Crippen molar-refractivity contribution in [2.45, 2.75) is 18.9 Å². The Bertz CT molecular complexity index is 632. The van der Waals surface area contributed by atoms with Crippen molar-refractivity contribution in [1.29, 1.82) is 0 Å². The van der Waals surface area contributed by atoms with Crippen LogP contribution in [0, 0.1) is 0 Å². The average molecular weight is 392 g/mol. The minimum atomic E-state index is -0.0965. The van der Waals surface area contributed by atoms with Gasteiger partial charge in [-0.3, -0.25) is 14.7 Å². The topological polar surface area (TPSA) is 87.2 Å². The Balaban J connectivity index is 1.95. The molecular weight excluding hydrogens is 358 g/mol. The van der Waals surface area contributed by atoms with Crippen LogP contribution in [0.3, 0.4) is 0 Å². The van der Waals surface area contributed by atoms with Gasteiger partial charge in [0.1, 0.15) is 5.75 Å². The summed E-state index contributed by atoms with van der Waals surface area (Å²) in [5, 5.41) is 9.19. The highest BCUT2D eigenvalue weighted by Gasteiger charge is 2.26. The molecule has 1 saturated heterocycles. The molecule has 1 amide bonds. The molecule has 1 fully saturated rings. The van der Waals surface area contributed by atoms with Crippen molar-refractivity contribution in [3.8, 4) is 5.75 Å². The molecule has 1 atom stereocenters. The van der Waals surface area contributed by atoms with Crippen LogP contribution in [0.15, 0.2) is 29.3 Å². The van der Waals surface area contributed by atoms with E-state index in [0.29, 0.717) is 25.7 Å². The number of likely N-dealkylation sites (tertiary alicyclic amines) is 1. The van der Waals surface area contributed by atoms with Gasteiger partial charge in [-0.2, -0.15) is 0 Å². The number of guanidine groups is 1. The predicted molar refractivity (Wildman–Crippen MR) is 111 cm³/mol. The molecule has 0 aliphatic carbocycles. The summed E-state index contributed by atoms with van der Waals surface area (Å²) in [5.74, 6) is 1.39. The Morgan fingerprint density at radius 1 is 1.18 bits per heavy atom. The molecule has 1 aromatic carbocycles. The third-order valence-electron chi connectivity index (χ3n) is 4.81.